The molecule has 0 bridgehead atoms. The molecule has 16 heavy (non-hydrogen) atoms. The van der Waals surface area contributed by atoms with E-state index in [0.29, 0.717) is 17.3 Å². The van der Waals surface area contributed by atoms with Gasteiger partial charge in [-0.25, -0.2) is 0 Å². The number of hydrogen-bond donors (Lipinski definition) is 2. The van der Waals surface area contributed by atoms with Gasteiger partial charge in [0.2, 0.25) is 5.91 Å². The largest absolute Gasteiger partial charge is 0.389 e. The van der Waals surface area contributed by atoms with Crippen LogP contribution in [0.3, 0.4) is 0 Å². The smallest absolute Gasteiger partial charge is 0.224 e. The van der Waals surface area contributed by atoms with Crippen LogP contribution in [0.1, 0.15) is 25.8 Å². The molecule has 1 aromatic rings. The minimum Gasteiger partial charge on any atom is -0.389 e. The highest BCUT2D eigenvalue weighted by Crippen LogP contribution is 2.11. The van der Waals surface area contributed by atoms with Crippen molar-refractivity contribution in [1.29, 1.82) is 0 Å². The fraction of sp³-hybridized carbons (Fsp3) is 0.333. The molecule has 0 fully saturated rings. The molecule has 0 radical (unpaired) electrons. The molecule has 0 saturated heterocycles. The SMILES string of the molecule is CC(C)CC(=O)Nc1ccc(C(N)=S)cc1. The van der Waals surface area contributed by atoms with E-state index in [1.165, 1.54) is 0 Å². The molecule has 1 aromatic carbocycles. The Kier molecular flexibility index (Phi) is 4.43. The van der Waals surface area contributed by atoms with E-state index < -0.39 is 0 Å². The maximum absolute atomic E-state index is 11.5. The summed E-state index contributed by atoms with van der Waals surface area (Å²) in [6.45, 7) is 4.02. The lowest BCUT2D eigenvalue weighted by Crippen LogP contribution is -2.14. The van der Waals surface area contributed by atoms with Gasteiger partial charge < -0.3 is 11.1 Å². The molecule has 0 heterocycles. The molecule has 0 aromatic heterocycles. The van der Waals surface area contributed by atoms with Gasteiger partial charge in [-0.1, -0.05) is 26.1 Å². The lowest BCUT2D eigenvalue weighted by atomic mass is 10.1. The predicted octanol–water partition coefficient (Wildman–Crippen LogP) is 2.31. The molecule has 0 saturated carbocycles. The highest BCUT2D eigenvalue weighted by atomic mass is 32.1. The average molecular weight is 236 g/mol. The zero-order valence-electron chi connectivity index (χ0n) is 9.49. The first-order chi connectivity index (χ1) is 7.49. The van der Waals surface area contributed by atoms with E-state index in [-0.39, 0.29) is 5.91 Å². The second kappa shape index (κ2) is 5.61. The lowest BCUT2D eigenvalue weighted by Gasteiger charge is -2.07. The molecule has 0 aliphatic heterocycles. The van der Waals surface area contributed by atoms with E-state index in [0.717, 1.165) is 11.3 Å². The number of nitrogens with two attached hydrogens (primary N) is 1. The first-order valence-electron chi connectivity index (χ1n) is 5.18. The Hall–Kier alpha value is -1.42. The molecule has 86 valence electrons. The van der Waals surface area contributed by atoms with Crippen molar-refractivity contribution in [2.45, 2.75) is 20.3 Å². The summed E-state index contributed by atoms with van der Waals surface area (Å²) >= 11 is 4.84. The van der Waals surface area contributed by atoms with Crippen molar-refractivity contribution >= 4 is 28.8 Å². The van der Waals surface area contributed by atoms with E-state index in [2.05, 4.69) is 5.32 Å². The Morgan fingerprint density at radius 2 is 1.94 bits per heavy atom. The number of thiocarbonyl (C=S) groups is 1. The zero-order valence-corrected chi connectivity index (χ0v) is 10.3. The van der Waals surface area contributed by atoms with E-state index in [1.807, 2.05) is 13.8 Å². The average Bonchev–Trinajstić information content (AvgIpc) is 2.16. The Bertz CT molecular complexity index is 385. The maximum Gasteiger partial charge on any atom is 0.224 e. The number of carbonyl (C=O) groups excluding carboxylic acids is 1. The van der Waals surface area contributed by atoms with Gasteiger partial charge in [-0.2, -0.15) is 0 Å². The van der Waals surface area contributed by atoms with E-state index in [1.54, 1.807) is 24.3 Å². The summed E-state index contributed by atoms with van der Waals surface area (Å²) in [5.41, 5.74) is 7.05. The Morgan fingerprint density at radius 3 is 2.38 bits per heavy atom. The molecule has 1 amide bonds. The highest BCUT2D eigenvalue weighted by Gasteiger charge is 2.05. The number of rotatable bonds is 4. The molecule has 1 rings (SSSR count). The van der Waals surface area contributed by atoms with Crippen LogP contribution in [0.5, 0.6) is 0 Å². The third kappa shape index (κ3) is 3.98. The fourth-order valence-electron chi connectivity index (χ4n) is 1.30. The summed E-state index contributed by atoms with van der Waals surface area (Å²) in [4.78, 5) is 11.8. The van der Waals surface area contributed by atoms with E-state index >= 15 is 0 Å². The van der Waals surface area contributed by atoms with Crippen molar-refractivity contribution in [2.24, 2.45) is 11.7 Å². The third-order valence-electron chi connectivity index (χ3n) is 2.05. The van der Waals surface area contributed by atoms with Crippen molar-refractivity contribution in [1.82, 2.24) is 0 Å². The number of amides is 1. The topological polar surface area (TPSA) is 55.1 Å². The van der Waals surface area contributed by atoms with Crippen LogP contribution in [0, 0.1) is 5.92 Å². The number of benzene rings is 1. The fourth-order valence-corrected chi connectivity index (χ4v) is 1.44. The van der Waals surface area contributed by atoms with Gasteiger partial charge in [0.15, 0.2) is 0 Å². The molecule has 3 nitrogen and oxygen atoms in total. The monoisotopic (exact) mass is 236 g/mol. The van der Waals surface area contributed by atoms with Crippen molar-refractivity contribution in [3.05, 3.63) is 29.8 Å². The summed E-state index contributed by atoms with van der Waals surface area (Å²) in [6, 6.07) is 7.19. The van der Waals surface area contributed by atoms with Crippen LogP contribution in [0.15, 0.2) is 24.3 Å². The van der Waals surface area contributed by atoms with Gasteiger partial charge in [0.05, 0.1) is 0 Å². The first-order valence-corrected chi connectivity index (χ1v) is 5.59. The minimum absolute atomic E-state index is 0.0260. The highest BCUT2D eigenvalue weighted by molar-refractivity contribution is 7.80. The molecule has 0 unspecified atom stereocenters. The molecule has 4 heteroatoms. The van der Waals surface area contributed by atoms with Crippen LogP contribution in [0.4, 0.5) is 5.69 Å². The molecule has 3 N–H and O–H groups in total. The maximum atomic E-state index is 11.5. The normalized spacial score (nSPS) is 10.2. The van der Waals surface area contributed by atoms with Crippen LogP contribution in [-0.4, -0.2) is 10.9 Å². The summed E-state index contributed by atoms with van der Waals surface area (Å²) in [5, 5.41) is 2.82. The number of carbonyl (C=O) groups is 1. The van der Waals surface area contributed by atoms with Gasteiger partial charge in [-0.3, -0.25) is 4.79 Å². The van der Waals surface area contributed by atoms with Gasteiger partial charge in [0.1, 0.15) is 4.99 Å². The molecular formula is C12H16N2OS. The van der Waals surface area contributed by atoms with Crippen LogP contribution in [-0.2, 0) is 4.79 Å². The standard InChI is InChI=1S/C12H16N2OS/c1-8(2)7-11(15)14-10-5-3-9(4-6-10)12(13)16/h3-6,8H,7H2,1-2H3,(H2,13,16)(H,14,15). The van der Waals surface area contributed by atoms with Crippen molar-refractivity contribution in [2.75, 3.05) is 5.32 Å². The van der Waals surface area contributed by atoms with Crippen LogP contribution in [0.2, 0.25) is 0 Å². The van der Waals surface area contributed by atoms with E-state index in [4.69, 9.17) is 18.0 Å². The molecule has 0 aliphatic carbocycles. The Morgan fingerprint density at radius 1 is 1.38 bits per heavy atom. The zero-order chi connectivity index (χ0) is 12.1. The van der Waals surface area contributed by atoms with Gasteiger partial charge in [-0.15, -0.1) is 0 Å². The quantitative estimate of drug-likeness (QED) is 0.789. The molecular weight excluding hydrogens is 220 g/mol. The van der Waals surface area contributed by atoms with Gasteiger partial charge >= 0.3 is 0 Å². The summed E-state index contributed by atoms with van der Waals surface area (Å²) in [6.07, 6.45) is 0.525. The predicted molar refractivity (Wildman–Crippen MR) is 70.4 cm³/mol. The van der Waals surface area contributed by atoms with Crippen molar-refractivity contribution in [3.8, 4) is 0 Å². The Labute approximate surface area is 101 Å². The van der Waals surface area contributed by atoms with Gasteiger partial charge in [0.25, 0.3) is 0 Å². The summed E-state index contributed by atoms with van der Waals surface area (Å²) < 4.78 is 0. The van der Waals surface area contributed by atoms with Crippen LogP contribution < -0.4 is 11.1 Å². The second-order valence-corrected chi connectivity index (χ2v) is 4.53. The van der Waals surface area contributed by atoms with Crippen molar-refractivity contribution in [3.63, 3.8) is 0 Å². The summed E-state index contributed by atoms with van der Waals surface area (Å²) in [5.74, 6) is 0.383. The third-order valence-corrected chi connectivity index (χ3v) is 2.28. The molecule has 0 aliphatic rings. The van der Waals surface area contributed by atoms with Crippen LogP contribution in [0.25, 0.3) is 0 Å². The number of anilines is 1. The lowest BCUT2D eigenvalue weighted by molar-refractivity contribution is -0.116. The van der Waals surface area contributed by atoms with Gasteiger partial charge in [-0.05, 0) is 30.2 Å². The Balaban J connectivity index is 2.62. The molecule has 0 atom stereocenters. The minimum atomic E-state index is 0.0260. The van der Waals surface area contributed by atoms with Crippen LogP contribution >= 0.6 is 12.2 Å². The number of nitrogens with one attached hydrogen (secondary N) is 1. The molecule has 0 spiro atoms. The van der Waals surface area contributed by atoms with Crippen molar-refractivity contribution < 1.29 is 4.79 Å². The summed E-state index contributed by atoms with van der Waals surface area (Å²) in [7, 11) is 0. The second-order valence-electron chi connectivity index (χ2n) is 4.09. The first kappa shape index (κ1) is 12.6. The van der Waals surface area contributed by atoms with Gasteiger partial charge in [0, 0.05) is 17.7 Å². The van der Waals surface area contributed by atoms with E-state index in [9.17, 15) is 4.79 Å². The number of hydrogen-bond acceptors (Lipinski definition) is 2.